The lowest BCUT2D eigenvalue weighted by Crippen LogP contribution is -2.37. The van der Waals surface area contributed by atoms with E-state index in [0.29, 0.717) is 29.9 Å². The van der Waals surface area contributed by atoms with Crippen molar-refractivity contribution in [3.63, 3.8) is 0 Å². The molecule has 3 N–H and O–H groups in total. The van der Waals surface area contributed by atoms with Gasteiger partial charge in [-0.3, -0.25) is 4.79 Å². The summed E-state index contributed by atoms with van der Waals surface area (Å²) in [6, 6.07) is 8.22. The van der Waals surface area contributed by atoms with Crippen molar-refractivity contribution in [3.05, 3.63) is 53.5 Å². The van der Waals surface area contributed by atoms with Crippen LogP contribution in [-0.2, 0) is 6.42 Å². The first-order valence-electron chi connectivity index (χ1n) is 8.48. The number of aliphatic hydroxyl groups excluding tert-OH is 1. The zero-order valence-corrected chi connectivity index (χ0v) is 14.1. The van der Waals surface area contributed by atoms with Crippen molar-refractivity contribution in [3.8, 4) is 0 Å². The lowest BCUT2D eigenvalue weighted by Gasteiger charge is -2.18. The smallest absolute Gasteiger partial charge is 0.319 e. The van der Waals surface area contributed by atoms with E-state index in [9.17, 15) is 14.7 Å². The van der Waals surface area contributed by atoms with Crippen molar-refractivity contribution in [2.75, 3.05) is 5.32 Å². The van der Waals surface area contributed by atoms with Crippen molar-refractivity contribution >= 4 is 17.5 Å². The van der Waals surface area contributed by atoms with Crippen LogP contribution >= 0.6 is 0 Å². The van der Waals surface area contributed by atoms with Crippen LogP contribution in [0.15, 0.2) is 41.0 Å². The summed E-state index contributed by atoms with van der Waals surface area (Å²) >= 11 is 0. The van der Waals surface area contributed by atoms with E-state index in [0.717, 1.165) is 18.4 Å². The Morgan fingerprint density at radius 1 is 1.32 bits per heavy atom. The number of urea groups is 1. The Kier molecular flexibility index (Phi) is 5.19. The molecule has 2 aromatic rings. The summed E-state index contributed by atoms with van der Waals surface area (Å²) in [7, 11) is 0. The molecule has 0 fully saturated rings. The Balaban J connectivity index is 1.55. The van der Waals surface area contributed by atoms with Crippen LogP contribution in [0.4, 0.5) is 10.5 Å². The summed E-state index contributed by atoms with van der Waals surface area (Å²) < 4.78 is 5.15. The first kappa shape index (κ1) is 17.2. The number of carbonyl (C=O) groups is 2. The van der Waals surface area contributed by atoms with E-state index in [1.165, 1.54) is 6.26 Å². The summed E-state index contributed by atoms with van der Waals surface area (Å²) in [6.07, 6.45) is 3.41. The maximum atomic E-state index is 12.1. The fourth-order valence-corrected chi connectivity index (χ4v) is 3.09. The number of carbonyl (C=O) groups excluding carboxylic acids is 2. The van der Waals surface area contributed by atoms with Gasteiger partial charge in [-0.25, -0.2) is 4.79 Å². The molecule has 0 radical (unpaired) electrons. The van der Waals surface area contributed by atoms with Crippen LogP contribution in [0.2, 0.25) is 0 Å². The number of benzene rings is 1. The Morgan fingerprint density at radius 3 is 2.92 bits per heavy atom. The maximum Gasteiger partial charge on any atom is 0.319 e. The monoisotopic (exact) mass is 342 g/mol. The van der Waals surface area contributed by atoms with Gasteiger partial charge in [0.25, 0.3) is 0 Å². The van der Waals surface area contributed by atoms with Crippen LogP contribution < -0.4 is 10.6 Å². The minimum absolute atomic E-state index is 0.125. The van der Waals surface area contributed by atoms with Crippen molar-refractivity contribution in [2.45, 2.75) is 44.8 Å². The fourth-order valence-electron chi connectivity index (χ4n) is 3.09. The largest absolute Gasteiger partial charge is 0.467 e. The van der Waals surface area contributed by atoms with E-state index in [-0.39, 0.29) is 17.9 Å². The zero-order chi connectivity index (χ0) is 17.8. The first-order chi connectivity index (χ1) is 12.0. The summed E-state index contributed by atoms with van der Waals surface area (Å²) in [5.74, 6) is 0.600. The number of ketones is 1. The summed E-state index contributed by atoms with van der Waals surface area (Å²) in [5, 5.41) is 15.6. The van der Waals surface area contributed by atoms with E-state index in [1.54, 1.807) is 24.3 Å². The molecule has 1 aliphatic rings. The molecule has 132 valence electrons. The number of furan rings is 1. The molecule has 1 aliphatic carbocycles. The van der Waals surface area contributed by atoms with Crippen LogP contribution in [-0.4, -0.2) is 23.0 Å². The molecule has 0 saturated heterocycles. The highest BCUT2D eigenvalue weighted by Crippen LogP contribution is 2.24. The van der Waals surface area contributed by atoms with Gasteiger partial charge in [-0.05, 0) is 49.6 Å². The summed E-state index contributed by atoms with van der Waals surface area (Å²) in [6.45, 7) is 1.81. The number of nitrogens with one attached hydrogen (secondary N) is 2. The molecule has 6 nitrogen and oxygen atoms in total. The van der Waals surface area contributed by atoms with Crippen molar-refractivity contribution in [2.24, 2.45) is 0 Å². The first-order valence-corrected chi connectivity index (χ1v) is 8.48. The lowest BCUT2D eigenvalue weighted by molar-refractivity contribution is 0.0972. The van der Waals surface area contributed by atoms with E-state index >= 15 is 0 Å². The highest BCUT2D eigenvalue weighted by molar-refractivity contribution is 6.00. The van der Waals surface area contributed by atoms with Crippen molar-refractivity contribution in [1.82, 2.24) is 5.32 Å². The van der Waals surface area contributed by atoms with Gasteiger partial charge < -0.3 is 20.2 Å². The van der Waals surface area contributed by atoms with Gasteiger partial charge in [0.05, 0.1) is 6.26 Å². The number of anilines is 1. The van der Waals surface area contributed by atoms with Gasteiger partial charge >= 0.3 is 6.03 Å². The number of aliphatic hydroxyl groups is 1. The Labute approximate surface area is 146 Å². The number of fused-ring (bicyclic) bond motifs is 1. The SMILES string of the molecule is C[C@@H](C[C@@H](O)c1ccco1)NC(=O)Nc1ccc2c(c1)C(=O)CCC2. The van der Waals surface area contributed by atoms with Crippen LogP contribution in [0.1, 0.15) is 54.0 Å². The van der Waals surface area contributed by atoms with Gasteiger partial charge in [-0.2, -0.15) is 0 Å². The highest BCUT2D eigenvalue weighted by atomic mass is 16.4. The van der Waals surface area contributed by atoms with Gasteiger partial charge in [0, 0.05) is 30.1 Å². The topological polar surface area (TPSA) is 91.6 Å². The number of hydrogen-bond donors (Lipinski definition) is 3. The second-order valence-electron chi connectivity index (χ2n) is 6.42. The lowest BCUT2D eigenvalue weighted by atomic mass is 9.90. The average Bonchev–Trinajstić information content (AvgIpc) is 3.10. The molecule has 6 heteroatoms. The van der Waals surface area contributed by atoms with E-state index in [2.05, 4.69) is 10.6 Å². The molecular formula is C19H22N2O4. The highest BCUT2D eigenvalue weighted by Gasteiger charge is 2.19. The van der Waals surface area contributed by atoms with Gasteiger partial charge in [0.1, 0.15) is 11.9 Å². The summed E-state index contributed by atoms with van der Waals surface area (Å²) in [5.41, 5.74) is 2.33. The average molecular weight is 342 g/mol. The van der Waals surface area contributed by atoms with Gasteiger partial charge in [-0.1, -0.05) is 6.07 Å². The molecule has 1 aromatic carbocycles. The second-order valence-corrected chi connectivity index (χ2v) is 6.42. The van der Waals surface area contributed by atoms with Crippen LogP contribution in [0.3, 0.4) is 0 Å². The summed E-state index contributed by atoms with van der Waals surface area (Å²) in [4.78, 5) is 24.1. The van der Waals surface area contributed by atoms with Gasteiger partial charge in [-0.15, -0.1) is 0 Å². The molecule has 0 spiro atoms. The molecule has 25 heavy (non-hydrogen) atoms. The van der Waals surface area contributed by atoms with Gasteiger partial charge in [0.2, 0.25) is 0 Å². The molecule has 1 heterocycles. The van der Waals surface area contributed by atoms with Crippen LogP contribution in [0.25, 0.3) is 0 Å². The molecule has 0 bridgehead atoms. The molecule has 0 unspecified atom stereocenters. The zero-order valence-electron chi connectivity index (χ0n) is 14.1. The van der Waals surface area contributed by atoms with Crippen molar-refractivity contribution in [1.29, 1.82) is 0 Å². The third kappa shape index (κ3) is 4.28. The third-order valence-electron chi connectivity index (χ3n) is 4.34. The molecule has 2 amide bonds. The standard InChI is InChI=1S/C19H22N2O4/c1-12(10-17(23)18-6-3-9-25-18)20-19(24)21-14-8-7-13-4-2-5-16(22)15(13)11-14/h3,6-9,11-12,17,23H,2,4-5,10H2,1H3,(H2,20,21,24)/t12-,17+/m0/s1. The Morgan fingerprint density at radius 2 is 2.16 bits per heavy atom. The quantitative estimate of drug-likeness (QED) is 0.776. The minimum atomic E-state index is -0.772. The Bertz CT molecular complexity index is 755. The predicted molar refractivity (Wildman–Crippen MR) is 93.6 cm³/mol. The Hall–Kier alpha value is -2.60. The number of aryl methyl sites for hydroxylation is 1. The van der Waals surface area contributed by atoms with E-state index in [1.807, 2.05) is 13.0 Å². The number of hydrogen-bond acceptors (Lipinski definition) is 4. The number of rotatable bonds is 5. The molecule has 2 atom stereocenters. The van der Waals surface area contributed by atoms with Crippen LogP contribution in [0, 0.1) is 0 Å². The van der Waals surface area contributed by atoms with Crippen molar-refractivity contribution < 1.29 is 19.1 Å². The maximum absolute atomic E-state index is 12.1. The molecule has 0 aliphatic heterocycles. The van der Waals surface area contributed by atoms with Gasteiger partial charge in [0.15, 0.2) is 5.78 Å². The fraction of sp³-hybridized carbons (Fsp3) is 0.368. The normalized spacial score (nSPS) is 16.0. The van der Waals surface area contributed by atoms with Crippen LogP contribution in [0.5, 0.6) is 0 Å². The predicted octanol–water partition coefficient (Wildman–Crippen LogP) is 3.43. The third-order valence-corrected chi connectivity index (χ3v) is 4.34. The van der Waals surface area contributed by atoms with E-state index < -0.39 is 6.10 Å². The molecular weight excluding hydrogens is 320 g/mol. The minimum Gasteiger partial charge on any atom is -0.467 e. The number of Topliss-reactive ketones (excluding diaryl/α,β-unsaturated/α-hetero) is 1. The number of amides is 2. The molecule has 1 aromatic heterocycles. The molecule has 0 saturated carbocycles. The second kappa shape index (κ2) is 7.53. The molecule has 3 rings (SSSR count). The van der Waals surface area contributed by atoms with E-state index in [4.69, 9.17) is 4.42 Å².